The summed E-state index contributed by atoms with van der Waals surface area (Å²) in [4.78, 5) is 13.9. The summed E-state index contributed by atoms with van der Waals surface area (Å²) in [5.41, 5.74) is 0.750. The zero-order chi connectivity index (χ0) is 13.1. The molecule has 0 unspecified atom stereocenters. The minimum absolute atomic E-state index is 0.0382. The topological polar surface area (TPSA) is 41.6 Å². The maximum absolute atomic E-state index is 12.0. The first-order chi connectivity index (χ1) is 8.60. The molecular formula is C13H17BrN2O2. The smallest absolute Gasteiger partial charge is 0.321 e. The van der Waals surface area contributed by atoms with Crippen molar-refractivity contribution < 1.29 is 9.53 Å². The number of halogens is 1. The first-order valence-electron chi connectivity index (χ1n) is 5.99. The Balaban J connectivity index is 2.03. The molecule has 2 amide bonds. The van der Waals surface area contributed by atoms with Gasteiger partial charge in [0.1, 0.15) is 5.75 Å². The number of rotatable bonds is 2. The highest BCUT2D eigenvalue weighted by atomic mass is 79.9. The van der Waals surface area contributed by atoms with Crippen LogP contribution >= 0.6 is 15.9 Å². The van der Waals surface area contributed by atoms with Crippen LogP contribution in [0, 0.1) is 5.92 Å². The molecule has 0 radical (unpaired) electrons. The van der Waals surface area contributed by atoms with E-state index in [1.807, 2.05) is 23.1 Å². The molecule has 0 bridgehead atoms. The summed E-state index contributed by atoms with van der Waals surface area (Å²) in [5, 5.41) is 2.89. The number of amides is 2. The number of nitrogens with zero attached hydrogens (tertiary/aromatic N) is 1. The molecule has 1 aromatic carbocycles. The van der Waals surface area contributed by atoms with Gasteiger partial charge in [-0.3, -0.25) is 0 Å². The zero-order valence-corrected chi connectivity index (χ0v) is 12.2. The van der Waals surface area contributed by atoms with Gasteiger partial charge in [-0.2, -0.15) is 0 Å². The van der Waals surface area contributed by atoms with Gasteiger partial charge in [0.2, 0.25) is 0 Å². The Labute approximate surface area is 115 Å². The molecule has 4 nitrogen and oxygen atoms in total. The number of urea groups is 1. The van der Waals surface area contributed by atoms with Crippen molar-refractivity contribution in [1.82, 2.24) is 4.90 Å². The normalized spacial score (nSPS) is 18.8. The summed E-state index contributed by atoms with van der Waals surface area (Å²) in [6.45, 7) is 3.83. The van der Waals surface area contributed by atoms with Crippen molar-refractivity contribution in [3.8, 4) is 5.75 Å². The standard InChI is InChI=1S/C13H17BrN2O2/c1-9-5-6-16(8-9)13(17)15-10-3-4-11(14)12(7-10)18-2/h3-4,7,9H,5-6,8H2,1-2H3,(H,15,17)/t9-/m1/s1. The van der Waals surface area contributed by atoms with Crippen LogP contribution < -0.4 is 10.1 Å². The highest BCUT2D eigenvalue weighted by molar-refractivity contribution is 9.10. The Morgan fingerprint density at radius 1 is 1.56 bits per heavy atom. The van der Waals surface area contributed by atoms with Gasteiger partial charge in [-0.25, -0.2) is 4.79 Å². The Morgan fingerprint density at radius 3 is 2.94 bits per heavy atom. The van der Waals surface area contributed by atoms with E-state index in [2.05, 4.69) is 28.2 Å². The van der Waals surface area contributed by atoms with E-state index in [-0.39, 0.29) is 6.03 Å². The largest absolute Gasteiger partial charge is 0.495 e. The molecule has 1 saturated heterocycles. The predicted octanol–water partition coefficient (Wildman–Crippen LogP) is 3.33. The van der Waals surface area contributed by atoms with E-state index < -0.39 is 0 Å². The minimum Gasteiger partial charge on any atom is -0.495 e. The summed E-state index contributed by atoms with van der Waals surface area (Å²) < 4.78 is 6.07. The van der Waals surface area contributed by atoms with E-state index in [9.17, 15) is 4.79 Å². The lowest BCUT2D eigenvalue weighted by Crippen LogP contribution is -2.32. The fourth-order valence-electron chi connectivity index (χ4n) is 2.06. The summed E-state index contributed by atoms with van der Waals surface area (Å²) in [5.74, 6) is 1.30. The molecule has 1 aliphatic rings. The maximum atomic E-state index is 12.0. The van der Waals surface area contributed by atoms with E-state index >= 15 is 0 Å². The second-order valence-corrected chi connectivity index (χ2v) is 5.47. The predicted molar refractivity (Wildman–Crippen MR) is 75.1 cm³/mol. The Kier molecular flexibility index (Phi) is 4.11. The molecule has 0 aliphatic carbocycles. The second-order valence-electron chi connectivity index (χ2n) is 4.62. The van der Waals surface area contributed by atoms with Crippen LogP contribution in [-0.2, 0) is 0 Å². The molecule has 1 aliphatic heterocycles. The molecule has 5 heteroatoms. The van der Waals surface area contributed by atoms with Crippen LogP contribution in [0.1, 0.15) is 13.3 Å². The van der Waals surface area contributed by atoms with E-state index in [0.717, 1.165) is 29.7 Å². The molecule has 0 spiro atoms. The molecule has 0 saturated carbocycles. The van der Waals surface area contributed by atoms with Gasteiger partial charge in [-0.1, -0.05) is 6.92 Å². The number of hydrogen-bond donors (Lipinski definition) is 1. The Hall–Kier alpha value is -1.23. The molecule has 1 N–H and O–H groups in total. The van der Waals surface area contributed by atoms with E-state index in [4.69, 9.17) is 4.74 Å². The van der Waals surface area contributed by atoms with Crippen molar-refractivity contribution >= 4 is 27.6 Å². The van der Waals surface area contributed by atoms with Crippen molar-refractivity contribution in [2.24, 2.45) is 5.92 Å². The molecule has 1 aromatic rings. The van der Waals surface area contributed by atoms with Crippen LogP contribution in [-0.4, -0.2) is 31.1 Å². The number of benzene rings is 1. The van der Waals surface area contributed by atoms with Crippen LogP contribution in [0.15, 0.2) is 22.7 Å². The molecule has 0 aromatic heterocycles. The number of carbonyl (C=O) groups is 1. The highest BCUT2D eigenvalue weighted by Crippen LogP contribution is 2.28. The van der Waals surface area contributed by atoms with Crippen LogP contribution in [0.3, 0.4) is 0 Å². The fraction of sp³-hybridized carbons (Fsp3) is 0.462. The number of ether oxygens (including phenoxy) is 1. The minimum atomic E-state index is -0.0382. The lowest BCUT2D eigenvalue weighted by Gasteiger charge is -2.17. The SMILES string of the molecule is COc1cc(NC(=O)N2CC[C@@H](C)C2)ccc1Br. The van der Waals surface area contributed by atoms with Crippen LogP contribution in [0.2, 0.25) is 0 Å². The van der Waals surface area contributed by atoms with Gasteiger partial charge in [0.15, 0.2) is 0 Å². The molecule has 98 valence electrons. The summed E-state index contributed by atoms with van der Waals surface area (Å²) >= 11 is 3.38. The van der Waals surface area contributed by atoms with Gasteiger partial charge >= 0.3 is 6.03 Å². The van der Waals surface area contributed by atoms with Crippen molar-refractivity contribution in [1.29, 1.82) is 0 Å². The lowest BCUT2D eigenvalue weighted by molar-refractivity contribution is 0.221. The maximum Gasteiger partial charge on any atom is 0.321 e. The van der Waals surface area contributed by atoms with Crippen LogP contribution in [0.4, 0.5) is 10.5 Å². The molecule has 2 rings (SSSR count). The second kappa shape index (κ2) is 5.61. The monoisotopic (exact) mass is 312 g/mol. The third-order valence-electron chi connectivity index (χ3n) is 3.11. The zero-order valence-electron chi connectivity index (χ0n) is 10.6. The summed E-state index contributed by atoms with van der Waals surface area (Å²) in [7, 11) is 1.61. The quantitative estimate of drug-likeness (QED) is 0.910. The molecule has 1 atom stereocenters. The molecule has 18 heavy (non-hydrogen) atoms. The average Bonchev–Trinajstić information content (AvgIpc) is 2.78. The van der Waals surface area contributed by atoms with Gasteiger partial charge in [0.05, 0.1) is 11.6 Å². The van der Waals surface area contributed by atoms with Crippen molar-refractivity contribution in [2.75, 3.05) is 25.5 Å². The molecule has 1 fully saturated rings. The summed E-state index contributed by atoms with van der Waals surface area (Å²) in [6.07, 6.45) is 1.08. The number of hydrogen-bond acceptors (Lipinski definition) is 2. The van der Waals surface area contributed by atoms with Gasteiger partial charge in [0, 0.05) is 24.8 Å². The van der Waals surface area contributed by atoms with E-state index in [1.165, 1.54) is 0 Å². The first-order valence-corrected chi connectivity index (χ1v) is 6.79. The van der Waals surface area contributed by atoms with Crippen LogP contribution in [0.25, 0.3) is 0 Å². The van der Waals surface area contributed by atoms with Gasteiger partial charge in [0.25, 0.3) is 0 Å². The molecular weight excluding hydrogens is 296 g/mol. The molecule has 1 heterocycles. The number of methoxy groups -OCH3 is 1. The van der Waals surface area contributed by atoms with Crippen molar-refractivity contribution in [3.05, 3.63) is 22.7 Å². The van der Waals surface area contributed by atoms with E-state index in [0.29, 0.717) is 11.7 Å². The summed E-state index contributed by atoms with van der Waals surface area (Å²) in [6, 6.07) is 5.48. The number of carbonyl (C=O) groups excluding carboxylic acids is 1. The van der Waals surface area contributed by atoms with Gasteiger partial charge in [-0.05, 0) is 40.4 Å². The number of anilines is 1. The Bertz CT molecular complexity index is 451. The highest BCUT2D eigenvalue weighted by Gasteiger charge is 2.23. The van der Waals surface area contributed by atoms with Crippen molar-refractivity contribution in [3.63, 3.8) is 0 Å². The van der Waals surface area contributed by atoms with E-state index in [1.54, 1.807) is 7.11 Å². The average molecular weight is 313 g/mol. The van der Waals surface area contributed by atoms with Gasteiger partial charge < -0.3 is 15.0 Å². The van der Waals surface area contributed by atoms with Gasteiger partial charge in [-0.15, -0.1) is 0 Å². The fourth-order valence-corrected chi connectivity index (χ4v) is 2.47. The number of likely N-dealkylation sites (tertiary alicyclic amines) is 1. The first kappa shape index (κ1) is 13.2. The number of nitrogens with one attached hydrogen (secondary N) is 1. The third-order valence-corrected chi connectivity index (χ3v) is 3.77. The van der Waals surface area contributed by atoms with Crippen LogP contribution in [0.5, 0.6) is 5.75 Å². The lowest BCUT2D eigenvalue weighted by atomic mass is 10.2. The third kappa shape index (κ3) is 2.96. The van der Waals surface area contributed by atoms with Crippen molar-refractivity contribution in [2.45, 2.75) is 13.3 Å². The Morgan fingerprint density at radius 2 is 2.33 bits per heavy atom.